The van der Waals surface area contributed by atoms with E-state index < -0.39 is 12.0 Å². The Morgan fingerprint density at radius 3 is 2.50 bits per heavy atom. The first-order valence-electron chi connectivity index (χ1n) is 12.2. The second-order valence-electron chi connectivity index (χ2n) is 8.94. The highest BCUT2D eigenvalue weighted by Crippen LogP contribution is 2.37. The monoisotopic (exact) mass is 638 g/mol. The van der Waals surface area contributed by atoms with Crippen LogP contribution >= 0.6 is 38.9 Å². The lowest BCUT2D eigenvalue weighted by Gasteiger charge is -2.25. The molecule has 1 aliphatic rings. The molecule has 3 aromatic carbocycles. The molecule has 7 nitrogen and oxygen atoms in total. The van der Waals surface area contributed by atoms with E-state index in [0.717, 1.165) is 15.6 Å². The van der Waals surface area contributed by atoms with Gasteiger partial charge in [0.1, 0.15) is 24.1 Å². The van der Waals surface area contributed by atoms with Gasteiger partial charge in [0.15, 0.2) is 4.80 Å². The van der Waals surface area contributed by atoms with Crippen LogP contribution in [0.15, 0.2) is 92.3 Å². The van der Waals surface area contributed by atoms with Gasteiger partial charge in [-0.05, 0) is 66.6 Å². The van der Waals surface area contributed by atoms with Crippen LogP contribution in [0.2, 0.25) is 5.02 Å². The average Bonchev–Trinajstić information content (AvgIpc) is 3.26. The van der Waals surface area contributed by atoms with Gasteiger partial charge in [0, 0.05) is 15.1 Å². The molecule has 0 radical (unpaired) electrons. The summed E-state index contributed by atoms with van der Waals surface area (Å²) in [7, 11) is 2.82. The van der Waals surface area contributed by atoms with Crippen LogP contribution < -0.4 is 24.4 Å². The van der Waals surface area contributed by atoms with Crippen molar-refractivity contribution in [3.8, 4) is 11.5 Å². The fourth-order valence-corrected chi connectivity index (χ4v) is 5.96. The molecule has 0 fully saturated rings. The quantitative estimate of drug-likeness (QED) is 0.253. The van der Waals surface area contributed by atoms with Crippen molar-refractivity contribution in [1.82, 2.24) is 4.57 Å². The van der Waals surface area contributed by atoms with Crippen LogP contribution in [0.1, 0.15) is 29.7 Å². The van der Waals surface area contributed by atoms with E-state index in [1.165, 1.54) is 30.1 Å². The third-order valence-electron chi connectivity index (χ3n) is 6.41. The lowest BCUT2D eigenvalue weighted by atomic mass is 9.95. The van der Waals surface area contributed by atoms with Gasteiger partial charge < -0.3 is 14.2 Å². The second kappa shape index (κ2) is 11.8. The number of aromatic nitrogens is 1. The van der Waals surface area contributed by atoms with Crippen molar-refractivity contribution >= 4 is 50.9 Å². The third-order valence-corrected chi connectivity index (χ3v) is 8.16. The highest BCUT2D eigenvalue weighted by molar-refractivity contribution is 9.10. The van der Waals surface area contributed by atoms with Crippen molar-refractivity contribution < 1.29 is 19.0 Å². The molecule has 4 aromatic rings. The SMILES string of the molecule is COC(=O)C1=C(C)N=c2s/c(=C\c3ccc(OCc4ccc(Br)cc4)cc3)c(=O)n2[C@H]1c1cc(Cl)ccc1OC. The molecule has 0 N–H and O–H groups in total. The zero-order chi connectivity index (χ0) is 28.4. The number of benzene rings is 3. The van der Waals surface area contributed by atoms with Crippen LogP contribution in [0.3, 0.4) is 0 Å². The number of ether oxygens (including phenoxy) is 3. The zero-order valence-electron chi connectivity index (χ0n) is 21.8. The number of allylic oxidation sites excluding steroid dienone is 1. The van der Waals surface area contributed by atoms with Gasteiger partial charge in [0.05, 0.1) is 30.0 Å². The molecule has 1 aliphatic heterocycles. The van der Waals surface area contributed by atoms with E-state index in [2.05, 4.69) is 20.9 Å². The van der Waals surface area contributed by atoms with Crippen molar-refractivity contribution in [2.24, 2.45) is 4.99 Å². The van der Waals surface area contributed by atoms with Crippen LogP contribution in [0.4, 0.5) is 0 Å². The highest BCUT2D eigenvalue weighted by atomic mass is 79.9. The number of carbonyl (C=O) groups is 1. The van der Waals surface area contributed by atoms with Crippen LogP contribution in [-0.4, -0.2) is 24.8 Å². The van der Waals surface area contributed by atoms with Gasteiger partial charge in [0.25, 0.3) is 5.56 Å². The Bertz CT molecular complexity index is 1790. The molecule has 10 heteroatoms. The maximum atomic E-state index is 13.8. The number of fused-ring (bicyclic) bond motifs is 1. The average molecular weight is 640 g/mol. The van der Waals surface area contributed by atoms with Crippen molar-refractivity contribution in [1.29, 1.82) is 0 Å². The van der Waals surface area contributed by atoms with Crippen molar-refractivity contribution in [2.45, 2.75) is 19.6 Å². The first-order valence-corrected chi connectivity index (χ1v) is 14.2. The van der Waals surface area contributed by atoms with E-state index >= 15 is 0 Å². The number of thiazole rings is 1. The van der Waals surface area contributed by atoms with Gasteiger partial charge in [-0.25, -0.2) is 9.79 Å². The Morgan fingerprint density at radius 2 is 1.82 bits per heavy atom. The summed E-state index contributed by atoms with van der Waals surface area (Å²) in [4.78, 5) is 31.8. The topological polar surface area (TPSA) is 79.1 Å². The maximum absolute atomic E-state index is 13.8. The highest BCUT2D eigenvalue weighted by Gasteiger charge is 2.35. The minimum absolute atomic E-state index is 0.245. The number of hydrogen-bond acceptors (Lipinski definition) is 7. The Morgan fingerprint density at radius 1 is 1.10 bits per heavy atom. The number of esters is 1. The molecule has 0 bridgehead atoms. The van der Waals surface area contributed by atoms with Crippen molar-refractivity contribution in [3.63, 3.8) is 0 Å². The van der Waals surface area contributed by atoms with Crippen LogP contribution in [0, 0.1) is 0 Å². The predicted molar refractivity (Wildman–Crippen MR) is 159 cm³/mol. The van der Waals surface area contributed by atoms with Gasteiger partial charge in [-0.15, -0.1) is 0 Å². The zero-order valence-corrected chi connectivity index (χ0v) is 25.0. The largest absolute Gasteiger partial charge is 0.496 e. The summed E-state index contributed by atoms with van der Waals surface area (Å²) in [5, 5.41) is 0.444. The lowest BCUT2D eigenvalue weighted by Crippen LogP contribution is -2.40. The summed E-state index contributed by atoms with van der Waals surface area (Å²) in [6, 6.07) is 19.7. The summed E-state index contributed by atoms with van der Waals surface area (Å²) < 4.78 is 19.5. The van der Waals surface area contributed by atoms with Crippen molar-refractivity contribution in [2.75, 3.05) is 14.2 Å². The van der Waals surface area contributed by atoms with E-state index in [4.69, 9.17) is 25.8 Å². The van der Waals surface area contributed by atoms with Crippen LogP contribution in [0.5, 0.6) is 11.5 Å². The van der Waals surface area contributed by atoms with Crippen molar-refractivity contribution in [3.05, 3.63) is 124 Å². The third kappa shape index (κ3) is 5.63. The second-order valence-corrected chi connectivity index (χ2v) is 11.3. The first-order chi connectivity index (χ1) is 19.3. The molecule has 1 aromatic heterocycles. The standard InChI is InChI=1S/C30H24BrClN2O5S/c1-17-26(29(36)38-3)27(23-15-21(32)10-13-24(23)37-2)34-28(35)25(40-30(34)33-17)14-18-6-11-22(12-7-18)39-16-19-4-8-20(31)9-5-19/h4-15,27H,16H2,1-3H3/b25-14-/t27-/m0/s1. The first kappa shape index (κ1) is 27.9. The Balaban J connectivity index is 1.53. The van der Waals surface area contributed by atoms with E-state index in [-0.39, 0.29) is 11.1 Å². The van der Waals surface area contributed by atoms with Gasteiger partial charge in [-0.3, -0.25) is 9.36 Å². The molecule has 0 amide bonds. The normalized spacial score (nSPS) is 14.9. The molecule has 0 unspecified atom stereocenters. The summed E-state index contributed by atoms with van der Waals surface area (Å²) in [6.07, 6.45) is 1.80. The molecule has 1 atom stereocenters. The Hall–Kier alpha value is -3.66. The van der Waals surface area contributed by atoms with Gasteiger partial charge >= 0.3 is 5.97 Å². The van der Waals surface area contributed by atoms with E-state index in [9.17, 15) is 9.59 Å². The predicted octanol–water partition coefficient (Wildman–Crippen LogP) is 5.41. The molecule has 0 saturated heterocycles. The fourth-order valence-electron chi connectivity index (χ4n) is 4.46. The van der Waals surface area contributed by atoms with Crippen LogP contribution in [-0.2, 0) is 16.1 Å². The molecule has 5 rings (SSSR count). The van der Waals surface area contributed by atoms with E-state index in [1.54, 1.807) is 31.2 Å². The molecule has 204 valence electrons. The molecule has 0 spiro atoms. The smallest absolute Gasteiger partial charge is 0.338 e. The molecule has 0 saturated carbocycles. The number of nitrogens with zero attached hydrogens (tertiary/aromatic N) is 2. The maximum Gasteiger partial charge on any atom is 0.338 e. The molecular formula is C30H24BrClN2O5S. The molecule has 40 heavy (non-hydrogen) atoms. The number of halogens is 2. The number of carbonyl (C=O) groups excluding carboxylic acids is 1. The number of methoxy groups -OCH3 is 2. The number of rotatable bonds is 7. The number of hydrogen-bond donors (Lipinski definition) is 0. The van der Waals surface area contributed by atoms with E-state index in [1.807, 2.05) is 48.5 Å². The van der Waals surface area contributed by atoms with Gasteiger partial charge in [0.2, 0.25) is 0 Å². The van der Waals surface area contributed by atoms with Crippen LogP contribution in [0.25, 0.3) is 6.08 Å². The minimum atomic E-state index is -0.825. The summed E-state index contributed by atoms with van der Waals surface area (Å²) >= 11 is 11.0. The summed E-state index contributed by atoms with van der Waals surface area (Å²) in [6.45, 7) is 2.17. The van der Waals surface area contributed by atoms with Gasteiger partial charge in [-0.2, -0.15) is 0 Å². The van der Waals surface area contributed by atoms with Gasteiger partial charge in [-0.1, -0.05) is 63.1 Å². The molecular weight excluding hydrogens is 616 g/mol. The fraction of sp³-hybridized carbons (Fsp3) is 0.167. The summed E-state index contributed by atoms with van der Waals surface area (Å²) in [5.74, 6) is 0.619. The minimum Gasteiger partial charge on any atom is -0.496 e. The van der Waals surface area contributed by atoms with E-state index in [0.29, 0.717) is 43.7 Å². The lowest BCUT2D eigenvalue weighted by molar-refractivity contribution is -0.136. The summed E-state index contributed by atoms with van der Waals surface area (Å²) in [5.41, 5.74) is 2.85. The molecule has 0 aliphatic carbocycles. The Labute approximate surface area is 247 Å². The Kier molecular flexibility index (Phi) is 8.25. The molecule has 2 heterocycles.